The zero-order chi connectivity index (χ0) is 25.2. The maximum absolute atomic E-state index is 15.4. The van der Waals surface area contributed by atoms with Crippen molar-refractivity contribution in [1.82, 2.24) is 19.9 Å². The Labute approximate surface area is 209 Å². The minimum absolute atomic E-state index is 0.273. The van der Waals surface area contributed by atoms with E-state index in [4.69, 9.17) is 9.72 Å². The van der Waals surface area contributed by atoms with Gasteiger partial charge in [-0.15, -0.1) is 0 Å². The summed E-state index contributed by atoms with van der Waals surface area (Å²) in [4.78, 5) is 24.3. The van der Waals surface area contributed by atoms with Crippen LogP contribution in [0.25, 0.3) is 11.0 Å². The van der Waals surface area contributed by atoms with Crippen LogP contribution in [-0.4, -0.2) is 39.2 Å². The number of benzene rings is 2. The van der Waals surface area contributed by atoms with Crippen molar-refractivity contribution in [1.29, 1.82) is 0 Å². The number of rotatable bonds is 6. The number of ether oxygens (including phenoxy) is 1. The summed E-state index contributed by atoms with van der Waals surface area (Å²) in [6.45, 7) is 9.55. The van der Waals surface area contributed by atoms with E-state index in [0.29, 0.717) is 45.8 Å². The molecule has 1 fully saturated rings. The summed E-state index contributed by atoms with van der Waals surface area (Å²) >= 11 is 0. The monoisotopic (exact) mass is 485 g/mol. The molecule has 0 bridgehead atoms. The highest BCUT2D eigenvalue weighted by Crippen LogP contribution is 2.34. The predicted octanol–water partition coefficient (Wildman–Crippen LogP) is 6.28. The van der Waals surface area contributed by atoms with E-state index < -0.39 is 5.82 Å². The Morgan fingerprint density at radius 3 is 2.81 bits per heavy atom. The van der Waals surface area contributed by atoms with Crippen LogP contribution in [0.1, 0.15) is 31.4 Å². The first kappa shape index (κ1) is 23.6. The normalized spacial score (nSPS) is 15.7. The summed E-state index contributed by atoms with van der Waals surface area (Å²) in [5.41, 5.74) is 3.63. The van der Waals surface area contributed by atoms with Crippen LogP contribution in [0.3, 0.4) is 0 Å². The molecule has 4 aromatic rings. The highest BCUT2D eigenvalue weighted by atomic mass is 19.1. The average molecular weight is 486 g/mol. The molecule has 0 spiro atoms. The van der Waals surface area contributed by atoms with Gasteiger partial charge in [0.1, 0.15) is 28.9 Å². The Kier molecular flexibility index (Phi) is 6.45. The van der Waals surface area contributed by atoms with Gasteiger partial charge in [0.25, 0.3) is 0 Å². The van der Waals surface area contributed by atoms with Gasteiger partial charge in [0.2, 0.25) is 5.95 Å². The van der Waals surface area contributed by atoms with Crippen molar-refractivity contribution in [3.8, 4) is 11.5 Å². The van der Waals surface area contributed by atoms with E-state index in [1.165, 1.54) is 6.33 Å². The van der Waals surface area contributed by atoms with Crippen molar-refractivity contribution < 1.29 is 9.13 Å². The van der Waals surface area contributed by atoms with Gasteiger partial charge in [-0.25, -0.2) is 24.3 Å². The van der Waals surface area contributed by atoms with Crippen LogP contribution < -0.4 is 15.0 Å². The number of aliphatic imine (C=N–C) groups is 1. The van der Waals surface area contributed by atoms with Crippen molar-refractivity contribution in [2.75, 3.05) is 23.3 Å². The van der Waals surface area contributed by atoms with Crippen molar-refractivity contribution in [3.63, 3.8) is 0 Å². The molecule has 1 unspecified atom stereocenters. The molecule has 9 heteroatoms. The van der Waals surface area contributed by atoms with E-state index in [2.05, 4.69) is 37.1 Å². The highest BCUT2D eigenvalue weighted by Gasteiger charge is 2.22. The van der Waals surface area contributed by atoms with E-state index in [1.807, 2.05) is 32.0 Å². The average Bonchev–Trinajstić information content (AvgIpc) is 3.32. The van der Waals surface area contributed by atoms with Gasteiger partial charge in [0, 0.05) is 30.9 Å². The SMILES string of the molecule is C/C=N\c1cc(Oc2ccc(Nc3ncnc4cnc(N5CCC(C)C5)nc34)c(F)c2C)ccc1C. The summed E-state index contributed by atoms with van der Waals surface area (Å²) in [5.74, 6) is 2.23. The molecule has 36 heavy (non-hydrogen) atoms. The summed E-state index contributed by atoms with van der Waals surface area (Å²) in [6.07, 6.45) is 5.94. The first-order valence-corrected chi connectivity index (χ1v) is 12.0. The standard InChI is InChI=1S/C27H28FN7O/c1-5-29-21-12-19(7-6-17(21)3)36-23-9-8-20(24(28)18(23)4)33-26-25-22(31-15-32-26)13-30-27(34-25)35-11-10-16(2)14-35/h5-9,12-13,15-16H,10-11,14H2,1-4H3,(H,31,32,33)/b29-5-. The van der Waals surface area contributed by atoms with E-state index in [1.54, 1.807) is 31.5 Å². The Morgan fingerprint density at radius 2 is 2.03 bits per heavy atom. The van der Waals surface area contributed by atoms with E-state index >= 15 is 4.39 Å². The minimum Gasteiger partial charge on any atom is -0.457 e. The van der Waals surface area contributed by atoms with E-state index in [9.17, 15) is 0 Å². The fourth-order valence-corrected chi connectivity index (χ4v) is 4.27. The number of aromatic nitrogens is 4. The van der Waals surface area contributed by atoms with Crippen LogP contribution in [0.2, 0.25) is 0 Å². The molecule has 1 aliphatic heterocycles. The number of hydrogen-bond donors (Lipinski definition) is 1. The molecule has 184 valence electrons. The Hall–Kier alpha value is -4.14. The molecule has 0 saturated carbocycles. The molecular formula is C27H28FN7O. The molecule has 0 radical (unpaired) electrons. The third-order valence-electron chi connectivity index (χ3n) is 6.34. The largest absolute Gasteiger partial charge is 0.457 e. The Bertz CT molecular complexity index is 1460. The third kappa shape index (κ3) is 4.68. The lowest BCUT2D eigenvalue weighted by atomic mass is 10.1. The van der Waals surface area contributed by atoms with Crippen LogP contribution in [0.5, 0.6) is 11.5 Å². The fraction of sp³-hybridized carbons (Fsp3) is 0.296. The van der Waals surface area contributed by atoms with E-state index in [-0.39, 0.29) is 5.69 Å². The molecule has 1 saturated heterocycles. The number of hydrogen-bond acceptors (Lipinski definition) is 8. The molecule has 1 atom stereocenters. The van der Waals surface area contributed by atoms with Gasteiger partial charge in [-0.1, -0.05) is 13.0 Å². The summed E-state index contributed by atoms with van der Waals surface area (Å²) in [6, 6.07) is 8.98. The van der Waals surface area contributed by atoms with Crippen LogP contribution >= 0.6 is 0 Å². The molecule has 5 rings (SSSR count). The number of nitrogens with one attached hydrogen (secondary N) is 1. The van der Waals surface area contributed by atoms with Gasteiger partial charge < -0.3 is 15.0 Å². The topological polar surface area (TPSA) is 88.4 Å². The lowest BCUT2D eigenvalue weighted by molar-refractivity contribution is 0.471. The quantitative estimate of drug-likeness (QED) is 0.322. The predicted molar refractivity (Wildman–Crippen MR) is 141 cm³/mol. The Morgan fingerprint density at radius 1 is 1.17 bits per heavy atom. The lowest BCUT2D eigenvalue weighted by Gasteiger charge is -2.17. The maximum Gasteiger partial charge on any atom is 0.226 e. The van der Waals surface area contributed by atoms with Crippen LogP contribution in [0.15, 0.2) is 47.8 Å². The second kappa shape index (κ2) is 9.85. The highest BCUT2D eigenvalue weighted by molar-refractivity contribution is 5.87. The molecule has 0 amide bonds. The number of aryl methyl sites for hydroxylation is 1. The molecule has 8 nitrogen and oxygen atoms in total. The van der Waals surface area contributed by atoms with Crippen molar-refractivity contribution in [3.05, 3.63) is 59.8 Å². The molecule has 2 aromatic carbocycles. The number of halogens is 1. The fourth-order valence-electron chi connectivity index (χ4n) is 4.27. The second-order valence-corrected chi connectivity index (χ2v) is 9.08. The van der Waals surface area contributed by atoms with Gasteiger partial charge in [0.15, 0.2) is 11.6 Å². The second-order valence-electron chi connectivity index (χ2n) is 9.08. The lowest BCUT2D eigenvalue weighted by Crippen LogP contribution is -2.21. The smallest absolute Gasteiger partial charge is 0.226 e. The Balaban J connectivity index is 1.43. The zero-order valence-electron chi connectivity index (χ0n) is 20.8. The summed E-state index contributed by atoms with van der Waals surface area (Å²) in [5, 5.41) is 3.10. The van der Waals surface area contributed by atoms with Gasteiger partial charge >= 0.3 is 0 Å². The zero-order valence-corrected chi connectivity index (χ0v) is 20.8. The first-order valence-electron chi connectivity index (χ1n) is 12.0. The minimum atomic E-state index is -0.430. The van der Waals surface area contributed by atoms with Crippen molar-refractivity contribution in [2.45, 2.75) is 34.1 Å². The van der Waals surface area contributed by atoms with Crippen LogP contribution in [0.4, 0.5) is 27.5 Å². The summed E-state index contributed by atoms with van der Waals surface area (Å²) in [7, 11) is 0. The molecule has 1 aliphatic rings. The molecule has 0 aliphatic carbocycles. The van der Waals surface area contributed by atoms with Gasteiger partial charge in [0.05, 0.1) is 17.6 Å². The number of nitrogens with zero attached hydrogens (tertiary/aromatic N) is 6. The molecular weight excluding hydrogens is 457 g/mol. The van der Waals surface area contributed by atoms with Crippen LogP contribution in [-0.2, 0) is 0 Å². The van der Waals surface area contributed by atoms with E-state index in [0.717, 1.165) is 30.8 Å². The third-order valence-corrected chi connectivity index (χ3v) is 6.34. The molecule has 1 N–H and O–H groups in total. The first-order chi connectivity index (χ1) is 17.4. The van der Waals surface area contributed by atoms with Gasteiger partial charge in [-0.05, 0) is 56.9 Å². The summed E-state index contributed by atoms with van der Waals surface area (Å²) < 4.78 is 21.4. The van der Waals surface area contributed by atoms with Crippen molar-refractivity contribution in [2.24, 2.45) is 10.9 Å². The number of fused-ring (bicyclic) bond motifs is 1. The van der Waals surface area contributed by atoms with Crippen LogP contribution in [0, 0.1) is 25.6 Å². The molecule has 3 heterocycles. The number of anilines is 3. The van der Waals surface area contributed by atoms with Crippen molar-refractivity contribution >= 4 is 40.4 Å². The van der Waals surface area contributed by atoms with Gasteiger partial charge in [-0.2, -0.15) is 0 Å². The molecule has 2 aromatic heterocycles. The van der Waals surface area contributed by atoms with Gasteiger partial charge in [-0.3, -0.25) is 4.99 Å². The maximum atomic E-state index is 15.4.